The predicted molar refractivity (Wildman–Crippen MR) is 111 cm³/mol. The van der Waals surface area contributed by atoms with Crippen molar-refractivity contribution in [1.82, 2.24) is 14.7 Å². The molecule has 5 rings (SSSR count). The molecule has 3 fully saturated rings. The maximum Gasteiger partial charge on any atom is 0.227 e. The van der Waals surface area contributed by atoms with Gasteiger partial charge < -0.3 is 10.6 Å². The van der Waals surface area contributed by atoms with Gasteiger partial charge in [-0.25, -0.2) is 0 Å². The lowest BCUT2D eigenvalue weighted by atomic mass is 9.91. The molecule has 28 heavy (non-hydrogen) atoms. The standard InChI is InChI=1S/C23H34N4O/c24-20-15-27(16-20)23(28)19-6-3-9-26(14-19)21-7-10-25(11-8-21)22-12-17-4-1-2-5-18(17)13-22/h1-2,4-5,19-22H,3,6-16,24H2/t19-/m1/s1. The normalized spacial score (nSPS) is 28.3. The van der Waals surface area contributed by atoms with Crippen molar-refractivity contribution in [2.75, 3.05) is 39.3 Å². The molecule has 1 aliphatic carbocycles. The summed E-state index contributed by atoms with van der Waals surface area (Å²) in [5.41, 5.74) is 8.97. The molecule has 0 unspecified atom stereocenters. The highest BCUT2D eigenvalue weighted by molar-refractivity contribution is 5.80. The van der Waals surface area contributed by atoms with E-state index in [1.165, 1.54) is 45.3 Å². The van der Waals surface area contributed by atoms with Crippen LogP contribution in [0.1, 0.15) is 36.8 Å². The van der Waals surface area contributed by atoms with Crippen LogP contribution in [0.4, 0.5) is 0 Å². The summed E-state index contributed by atoms with van der Waals surface area (Å²) in [5.74, 6) is 0.552. The zero-order chi connectivity index (χ0) is 19.1. The molecule has 0 radical (unpaired) electrons. The van der Waals surface area contributed by atoms with Crippen LogP contribution in [-0.2, 0) is 17.6 Å². The molecule has 4 aliphatic rings. The quantitative estimate of drug-likeness (QED) is 0.861. The Balaban J connectivity index is 1.12. The van der Waals surface area contributed by atoms with Gasteiger partial charge in [-0.05, 0) is 69.3 Å². The van der Waals surface area contributed by atoms with Crippen LogP contribution in [0.25, 0.3) is 0 Å². The summed E-state index contributed by atoms with van der Waals surface area (Å²) in [4.78, 5) is 20.1. The molecule has 5 nitrogen and oxygen atoms in total. The molecule has 0 saturated carbocycles. The highest BCUT2D eigenvalue weighted by atomic mass is 16.2. The first-order valence-electron chi connectivity index (χ1n) is 11.3. The van der Waals surface area contributed by atoms with Crippen LogP contribution in [0.5, 0.6) is 0 Å². The van der Waals surface area contributed by atoms with Gasteiger partial charge >= 0.3 is 0 Å². The predicted octanol–water partition coefficient (Wildman–Crippen LogP) is 1.50. The van der Waals surface area contributed by atoms with E-state index in [-0.39, 0.29) is 12.0 Å². The van der Waals surface area contributed by atoms with E-state index in [9.17, 15) is 4.79 Å². The third-order valence-electron chi connectivity index (χ3n) is 7.58. The van der Waals surface area contributed by atoms with E-state index >= 15 is 0 Å². The van der Waals surface area contributed by atoms with Gasteiger partial charge in [0.1, 0.15) is 0 Å². The van der Waals surface area contributed by atoms with Crippen LogP contribution in [-0.4, -0.2) is 78.0 Å². The number of rotatable bonds is 3. The minimum absolute atomic E-state index is 0.198. The van der Waals surface area contributed by atoms with Gasteiger partial charge in [-0.2, -0.15) is 0 Å². The van der Waals surface area contributed by atoms with Crippen molar-refractivity contribution in [2.24, 2.45) is 11.7 Å². The van der Waals surface area contributed by atoms with Crippen molar-refractivity contribution in [3.05, 3.63) is 35.4 Å². The molecule has 1 aromatic rings. The fourth-order valence-electron chi connectivity index (χ4n) is 5.90. The molecular weight excluding hydrogens is 348 g/mol. The summed E-state index contributed by atoms with van der Waals surface area (Å²) in [6.45, 7) is 6.07. The summed E-state index contributed by atoms with van der Waals surface area (Å²) >= 11 is 0. The molecule has 0 aromatic heterocycles. The molecule has 5 heteroatoms. The molecule has 1 aromatic carbocycles. The number of hydrogen-bond donors (Lipinski definition) is 1. The molecule has 0 spiro atoms. The van der Waals surface area contributed by atoms with Crippen molar-refractivity contribution < 1.29 is 4.79 Å². The molecule has 2 N–H and O–H groups in total. The van der Waals surface area contributed by atoms with Crippen LogP contribution in [0.3, 0.4) is 0 Å². The summed E-state index contributed by atoms with van der Waals surface area (Å²) in [6, 6.07) is 10.5. The molecule has 3 aliphatic heterocycles. The average Bonchev–Trinajstić information content (AvgIpc) is 3.15. The first-order chi connectivity index (χ1) is 13.7. The Hall–Kier alpha value is -1.43. The Kier molecular flexibility index (Phi) is 5.16. The highest BCUT2D eigenvalue weighted by Crippen LogP contribution is 2.30. The molecule has 1 amide bonds. The number of amides is 1. The number of nitrogens with two attached hydrogens (primary N) is 1. The molecule has 3 saturated heterocycles. The van der Waals surface area contributed by atoms with Gasteiger partial charge in [0.25, 0.3) is 0 Å². The monoisotopic (exact) mass is 382 g/mol. The minimum Gasteiger partial charge on any atom is -0.339 e. The molecule has 152 valence electrons. The van der Waals surface area contributed by atoms with Crippen molar-refractivity contribution in [1.29, 1.82) is 0 Å². The van der Waals surface area contributed by atoms with Gasteiger partial charge in [0.2, 0.25) is 5.91 Å². The second kappa shape index (κ2) is 7.77. The third kappa shape index (κ3) is 3.60. The van der Waals surface area contributed by atoms with Gasteiger partial charge in [0, 0.05) is 37.8 Å². The maximum absolute atomic E-state index is 12.7. The lowest BCUT2D eigenvalue weighted by Crippen LogP contribution is -2.60. The van der Waals surface area contributed by atoms with Crippen molar-refractivity contribution in [3.8, 4) is 0 Å². The highest BCUT2D eigenvalue weighted by Gasteiger charge is 2.37. The number of carbonyl (C=O) groups excluding carboxylic acids is 1. The SMILES string of the molecule is NC1CN(C(=O)[C@@H]2CCCN(C3CCN(C4Cc5ccccc5C4)CC3)C2)C1. The molecular formula is C23H34N4O. The summed E-state index contributed by atoms with van der Waals surface area (Å²) in [5, 5.41) is 0. The number of benzene rings is 1. The van der Waals surface area contributed by atoms with Gasteiger partial charge in [-0.1, -0.05) is 24.3 Å². The second-order valence-electron chi connectivity index (χ2n) is 9.44. The average molecular weight is 383 g/mol. The zero-order valence-electron chi connectivity index (χ0n) is 16.9. The van der Waals surface area contributed by atoms with Crippen molar-refractivity contribution in [3.63, 3.8) is 0 Å². The lowest BCUT2D eigenvalue weighted by Gasteiger charge is -2.45. The number of fused-ring (bicyclic) bond motifs is 1. The summed E-state index contributed by atoms with van der Waals surface area (Å²) in [7, 11) is 0. The lowest BCUT2D eigenvalue weighted by molar-refractivity contribution is -0.142. The number of carbonyl (C=O) groups is 1. The Morgan fingerprint density at radius 2 is 1.54 bits per heavy atom. The largest absolute Gasteiger partial charge is 0.339 e. The fraction of sp³-hybridized carbons (Fsp3) is 0.696. The van der Waals surface area contributed by atoms with Crippen LogP contribution in [0, 0.1) is 5.92 Å². The molecule has 3 heterocycles. The van der Waals surface area contributed by atoms with Gasteiger partial charge in [0.15, 0.2) is 0 Å². The number of likely N-dealkylation sites (tertiary alicyclic amines) is 3. The van der Waals surface area contributed by atoms with E-state index in [0.717, 1.165) is 32.5 Å². The van der Waals surface area contributed by atoms with E-state index in [2.05, 4.69) is 34.1 Å². The number of piperidine rings is 2. The van der Waals surface area contributed by atoms with Gasteiger partial charge in [0.05, 0.1) is 5.92 Å². The van der Waals surface area contributed by atoms with E-state index in [1.807, 2.05) is 4.90 Å². The van der Waals surface area contributed by atoms with Crippen LogP contribution in [0.2, 0.25) is 0 Å². The van der Waals surface area contributed by atoms with Crippen molar-refractivity contribution >= 4 is 5.91 Å². The number of hydrogen-bond acceptors (Lipinski definition) is 4. The Labute approximate surface area is 168 Å². The Morgan fingerprint density at radius 1 is 0.857 bits per heavy atom. The molecule has 1 atom stereocenters. The first kappa shape index (κ1) is 18.6. The summed E-state index contributed by atoms with van der Waals surface area (Å²) in [6.07, 6.45) is 7.16. The number of nitrogens with zero attached hydrogens (tertiary/aromatic N) is 3. The van der Waals surface area contributed by atoms with Crippen LogP contribution < -0.4 is 5.73 Å². The van der Waals surface area contributed by atoms with E-state index in [4.69, 9.17) is 5.73 Å². The van der Waals surface area contributed by atoms with Crippen molar-refractivity contribution in [2.45, 2.75) is 56.7 Å². The molecule has 0 bridgehead atoms. The smallest absolute Gasteiger partial charge is 0.227 e. The van der Waals surface area contributed by atoms with Crippen LogP contribution in [0.15, 0.2) is 24.3 Å². The fourth-order valence-corrected chi connectivity index (χ4v) is 5.90. The van der Waals surface area contributed by atoms with Gasteiger partial charge in [-0.15, -0.1) is 0 Å². The topological polar surface area (TPSA) is 52.8 Å². The maximum atomic E-state index is 12.7. The van der Waals surface area contributed by atoms with E-state index in [1.54, 1.807) is 11.1 Å². The minimum atomic E-state index is 0.198. The third-order valence-corrected chi connectivity index (χ3v) is 7.58. The Bertz CT molecular complexity index is 683. The van der Waals surface area contributed by atoms with Crippen LogP contribution >= 0.6 is 0 Å². The second-order valence-corrected chi connectivity index (χ2v) is 9.44. The van der Waals surface area contributed by atoms with E-state index < -0.39 is 0 Å². The Morgan fingerprint density at radius 3 is 2.18 bits per heavy atom. The van der Waals surface area contributed by atoms with Gasteiger partial charge in [-0.3, -0.25) is 14.6 Å². The zero-order valence-corrected chi connectivity index (χ0v) is 16.9. The first-order valence-corrected chi connectivity index (χ1v) is 11.3. The van der Waals surface area contributed by atoms with E-state index in [0.29, 0.717) is 18.0 Å². The summed E-state index contributed by atoms with van der Waals surface area (Å²) < 4.78 is 0.